The molecule has 0 aliphatic rings. The fraction of sp³-hybridized carbons (Fsp3) is 0.227. The van der Waals surface area contributed by atoms with Crippen molar-refractivity contribution in [3.63, 3.8) is 0 Å². The van der Waals surface area contributed by atoms with Crippen LogP contribution < -0.4 is 9.61 Å². The van der Waals surface area contributed by atoms with E-state index in [1.807, 2.05) is 41.8 Å². The first kappa shape index (κ1) is 19.7. The van der Waals surface area contributed by atoms with Gasteiger partial charge in [0.15, 0.2) is 0 Å². The highest BCUT2D eigenvalue weighted by Crippen LogP contribution is 2.33. The molecule has 0 atom stereocenters. The first-order valence-corrected chi connectivity index (χ1v) is 11.1. The van der Waals surface area contributed by atoms with Crippen LogP contribution in [-0.2, 0) is 17.9 Å². The van der Waals surface area contributed by atoms with Gasteiger partial charge in [0.25, 0.3) is 0 Å². The number of benzene rings is 2. The minimum absolute atomic E-state index is 0.000496. The number of fused-ring (bicyclic) bond motifs is 1. The molecule has 2 aromatic carbocycles. The van der Waals surface area contributed by atoms with Crippen molar-refractivity contribution in [3.05, 3.63) is 80.1 Å². The molecule has 0 aliphatic carbocycles. The maximum absolute atomic E-state index is 11.9. The molecule has 7 heteroatoms. The molecule has 0 saturated carbocycles. The second-order valence-electron chi connectivity index (χ2n) is 6.57. The molecule has 1 N–H and O–H groups in total. The van der Waals surface area contributed by atoms with E-state index in [0.29, 0.717) is 26.4 Å². The summed E-state index contributed by atoms with van der Waals surface area (Å²) in [6.45, 7) is 2.17. The zero-order valence-corrected chi connectivity index (χ0v) is 17.4. The molecule has 0 aliphatic heterocycles. The van der Waals surface area contributed by atoms with E-state index in [1.54, 1.807) is 11.3 Å². The number of hydrogen-bond acceptors (Lipinski definition) is 6. The zero-order chi connectivity index (χ0) is 20.1. The molecule has 4 aromatic rings. The summed E-state index contributed by atoms with van der Waals surface area (Å²) >= 11 is 2.61. The van der Waals surface area contributed by atoms with Crippen molar-refractivity contribution in [1.82, 2.24) is 4.57 Å². The number of aromatic hydroxyl groups is 1. The van der Waals surface area contributed by atoms with Gasteiger partial charge in [-0.15, -0.1) is 11.3 Å². The molecule has 0 spiro atoms. The average Bonchev–Trinajstić information content (AvgIpc) is 3.35. The standard InChI is InChI=1S/C22H21NO4S2/c24-20-15-29-22(25)23(20)13-17-7-8-19(18-9-12-28-21(17)18)27-11-4-10-26-14-16-5-2-1-3-6-16/h1-3,5-9,12,15,24H,4,10-11,13-14H2. The first-order chi connectivity index (χ1) is 14.2. The minimum atomic E-state index is -0.164. The van der Waals surface area contributed by atoms with E-state index in [2.05, 4.69) is 12.1 Å². The highest BCUT2D eigenvalue weighted by molar-refractivity contribution is 7.17. The second kappa shape index (κ2) is 9.26. The van der Waals surface area contributed by atoms with Crippen molar-refractivity contribution in [1.29, 1.82) is 0 Å². The summed E-state index contributed by atoms with van der Waals surface area (Å²) < 4.78 is 14.1. The Morgan fingerprint density at radius 1 is 1.00 bits per heavy atom. The van der Waals surface area contributed by atoms with Crippen molar-refractivity contribution in [3.8, 4) is 11.6 Å². The number of thiophene rings is 1. The Hall–Kier alpha value is -2.61. The molecular formula is C22H21NO4S2. The molecule has 29 heavy (non-hydrogen) atoms. The molecule has 5 nitrogen and oxygen atoms in total. The van der Waals surface area contributed by atoms with E-state index in [4.69, 9.17) is 9.47 Å². The van der Waals surface area contributed by atoms with E-state index in [1.165, 1.54) is 15.5 Å². The molecular weight excluding hydrogens is 406 g/mol. The van der Waals surface area contributed by atoms with Crippen LogP contribution in [-0.4, -0.2) is 22.9 Å². The monoisotopic (exact) mass is 427 g/mol. The summed E-state index contributed by atoms with van der Waals surface area (Å²) in [6.07, 6.45) is 0.804. The van der Waals surface area contributed by atoms with E-state index in [0.717, 1.165) is 39.2 Å². The van der Waals surface area contributed by atoms with Crippen molar-refractivity contribution >= 4 is 32.8 Å². The first-order valence-electron chi connectivity index (χ1n) is 9.33. The van der Waals surface area contributed by atoms with Crippen LogP contribution in [0.2, 0.25) is 0 Å². The number of aromatic nitrogens is 1. The van der Waals surface area contributed by atoms with Crippen molar-refractivity contribution in [2.75, 3.05) is 13.2 Å². The number of thiazole rings is 1. The lowest BCUT2D eigenvalue weighted by Gasteiger charge is -2.11. The molecule has 0 saturated heterocycles. The smallest absolute Gasteiger partial charge is 0.310 e. The summed E-state index contributed by atoms with van der Waals surface area (Å²) in [6, 6.07) is 16.0. The highest BCUT2D eigenvalue weighted by atomic mass is 32.1. The van der Waals surface area contributed by atoms with Gasteiger partial charge in [0.1, 0.15) is 5.75 Å². The molecule has 150 valence electrons. The fourth-order valence-corrected chi connectivity index (χ4v) is 4.63. The molecule has 4 rings (SSSR count). The van der Waals surface area contributed by atoms with Gasteiger partial charge in [0.2, 0.25) is 5.88 Å². The van der Waals surface area contributed by atoms with Crippen molar-refractivity contribution in [2.45, 2.75) is 19.6 Å². The van der Waals surface area contributed by atoms with Crippen LogP contribution in [0.4, 0.5) is 0 Å². The largest absolute Gasteiger partial charge is 0.494 e. The molecule has 0 radical (unpaired) electrons. The molecule has 0 unspecified atom stereocenters. The minimum Gasteiger partial charge on any atom is -0.494 e. The lowest BCUT2D eigenvalue weighted by atomic mass is 10.1. The van der Waals surface area contributed by atoms with E-state index in [9.17, 15) is 9.90 Å². The average molecular weight is 428 g/mol. The summed E-state index contributed by atoms with van der Waals surface area (Å²) in [4.78, 5) is 11.7. The van der Waals surface area contributed by atoms with Crippen LogP contribution in [0.5, 0.6) is 11.6 Å². The second-order valence-corrected chi connectivity index (χ2v) is 8.31. The Bertz CT molecular complexity index is 1130. The van der Waals surface area contributed by atoms with E-state index < -0.39 is 0 Å². The number of hydrogen-bond donors (Lipinski definition) is 1. The van der Waals surface area contributed by atoms with Crippen LogP contribution in [0, 0.1) is 0 Å². The van der Waals surface area contributed by atoms with Crippen LogP contribution in [0.15, 0.2) is 64.1 Å². The molecule has 0 bridgehead atoms. The van der Waals surface area contributed by atoms with E-state index in [-0.39, 0.29) is 10.8 Å². The maximum atomic E-state index is 11.9. The number of rotatable bonds is 9. The summed E-state index contributed by atoms with van der Waals surface area (Å²) in [5.41, 5.74) is 2.16. The Labute approximate surface area is 176 Å². The topological polar surface area (TPSA) is 60.7 Å². The summed E-state index contributed by atoms with van der Waals surface area (Å²) in [7, 11) is 0. The van der Waals surface area contributed by atoms with Crippen LogP contribution >= 0.6 is 22.7 Å². The van der Waals surface area contributed by atoms with Gasteiger partial charge in [-0.25, -0.2) is 0 Å². The van der Waals surface area contributed by atoms with Crippen molar-refractivity contribution in [2.24, 2.45) is 0 Å². The molecule has 0 fully saturated rings. The van der Waals surface area contributed by atoms with Crippen LogP contribution in [0.3, 0.4) is 0 Å². The Balaban J connectivity index is 1.34. The molecule has 2 aromatic heterocycles. The predicted molar refractivity (Wildman–Crippen MR) is 117 cm³/mol. The predicted octanol–water partition coefficient (Wildman–Crippen LogP) is 4.86. The van der Waals surface area contributed by atoms with Gasteiger partial charge in [-0.3, -0.25) is 9.36 Å². The number of ether oxygens (including phenoxy) is 2. The van der Waals surface area contributed by atoms with Gasteiger partial charge in [-0.1, -0.05) is 47.7 Å². The third kappa shape index (κ3) is 4.70. The molecule has 0 amide bonds. The third-order valence-corrected chi connectivity index (χ3v) is 6.29. The maximum Gasteiger partial charge on any atom is 0.310 e. The van der Waals surface area contributed by atoms with Crippen molar-refractivity contribution < 1.29 is 14.6 Å². The Morgan fingerprint density at radius 2 is 1.86 bits per heavy atom. The normalized spacial score (nSPS) is 11.2. The fourth-order valence-electron chi connectivity index (χ4n) is 3.09. The Kier molecular flexibility index (Phi) is 6.29. The lowest BCUT2D eigenvalue weighted by molar-refractivity contribution is 0.107. The summed E-state index contributed by atoms with van der Waals surface area (Å²) in [5.74, 6) is 0.829. The van der Waals surface area contributed by atoms with Gasteiger partial charge in [-0.2, -0.15) is 0 Å². The van der Waals surface area contributed by atoms with Gasteiger partial charge >= 0.3 is 4.87 Å². The quantitative estimate of drug-likeness (QED) is 0.387. The summed E-state index contributed by atoms with van der Waals surface area (Å²) in [5, 5.41) is 14.4. The van der Waals surface area contributed by atoms with Crippen LogP contribution in [0.25, 0.3) is 10.1 Å². The van der Waals surface area contributed by atoms with Gasteiger partial charge in [-0.05, 0) is 28.6 Å². The van der Waals surface area contributed by atoms with E-state index >= 15 is 0 Å². The van der Waals surface area contributed by atoms with Gasteiger partial charge < -0.3 is 14.6 Å². The zero-order valence-electron chi connectivity index (χ0n) is 15.7. The lowest BCUT2D eigenvalue weighted by Crippen LogP contribution is -2.13. The molecule has 2 heterocycles. The van der Waals surface area contributed by atoms with Gasteiger partial charge in [0, 0.05) is 16.5 Å². The highest BCUT2D eigenvalue weighted by Gasteiger charge is 2.12. The third-order valence-electron chi connectivity index (χ3n) is 4.55. The number of nitrogens with zero attached hydrogens (tertiary/aromatic N) is 1. The SMILES string of the molecule is O=c1scc(O)n1Cc1ccc(OCCCOCc2ccccc2)c2ccsc12. The Morgan fingerprint density at radius 3 is 2.66 bits per heavy atom. The van der Waals surface area contributed by atoms with Crippen LogP contribution in [0.1, 0.15) is 17.5 Å². The van der Waals surface area contributed by atoms with Gasteiger partial charge in [0.05, 0.1) is 31.7 Å².